The summed E-state index contributed by atoms with van der Waals surface area (Å²) in [6, 6.07) is -1.17. The average molecular weight is 197 g/mol. The molecule has 0 radical (unpaired) electrons. The van der Waals surface area contributed by atoms with E-state index in [1.807, 2.05) is 0 Å². The van der Waals surface area contributed by atoms with E-state index in [9.17, 15) is 18.0 Å². The molecule has 0 aromatic rings. The maximum absolute atomic E-state index is 12.0. The van der Waals surface area contributed by atoms with E-state index in [4.69, 9.17) is 10.8 Å². The van der Waals surface area contributed by atoms with Crippen LogP contribution in [0.4, 0.5) is 13.2 Å². The van der Waals surface area contributed by atoms with Crippen LogP contribution < -0.4 is 5.73 Å². The highest BCUT2D eigenvalue weighted by molar-refractivity contribution is 5.73. The van der Waals surface area contributed by atoms with Gasteiger partial charge in [0, 0.05) is 0 Å². The largest absolute Gasteiger partial charge is 0.480 e. The van der Waals surface area contributed by atoms with Crippen molar-refractivity contribution in [2.45, 2.75) is 25.1 Å². The topological polar surface area (TPSA) is 63.3 Å². The molecule has 1 saturated carbocycles. The molecule has 0 saturated heterocycles. The summed E-state index contributed by atoms with van der Waals surface area (Å²) >= 11 is 0. The Hall–Kier alpha value is -0.780. The zero-order valence-corrected chi connectivity index (χ0v) is 6.71. The third kappa shape index (κ3) is 2.58. The molecule has 1 fully saturated rings. The van der Waals surface area contributed by atoms with E-state index in [0.717, 1.165) is 0 Å². The van der Waals surface area contributed by atoms with Crippen LogP contribution in [-0.2, 0) is 4.79 Å². The molecule has 0 unspecified atom stereocenters. The molecule has 0 aromatic heterocycles. The summed E-state index contributed by atoms with van der Waals surface area (Å²) in [5.41, 5.74) is 5.10. The van der Waals surface area contributed by atoms with E-state index >= 15 is 0 Å². The summed E-state index contributed by atoms with van der Waals surface area (Å²) in [5.74, 6) is -3.17. The molecule has 3 nitrogen and oxygen atoms in total. The van der Waals surface area contributed by atoms with Gasteiger partial charge in [0.1, 0.15) is 6.04 Å². The molecule has 0 amide bonds. The van der Waals surface area contributed by atoms with Gasteiger partial charge in [0.05, 0.1) is 5.92 Å². The molecule has 76 valence electrons. The molecule has 0 heterocycles. The molecule has 1 rings (SSSR count). The second-order valence-electron chi connectivity index (χ2n) is 3.32. The molecule has 3 atom stereocenters. The average Bonchev–Trinajstić information content (AvgIpc) is 2.65. The van der Waals surface area contributed by atoms with E-state index in [0.29, 0.717) is 0 Å². The SMILES string of the molecule is N[C@@H](C[C@@H]1C[C@H]1C(F)(F)F)C(=O)O. The first-order valence-electron chi connectivity index (χ1n) is 3.87. The number of aliphatic carboxylic acids is 1. The van der Waals surface area contributed by atoms with Crippen LogP contribution in [0, 0.1) is 11.8 Å². The summed E-state index contributed by atoms with van der Waals surface area (Å²) in [5, 5.41) is 8.34. The summed E-state index contributed by atoms with van der Waals surface area (Å²) in [4.78, 5) is 10.2. The Morgan fingerprint density at radius 3 is 2.46 bits per heavy atom. The Kier molecular flexibility index (Phi) is 2.51. The first-order valence-corrected chi connectivity index (χ1v) is 3.87. The van der Waals surface area contributed by atoms with Gasteiger partial charge in [-0.3, -0.25) is 4.79 Å². The lowest BCUT2D eigenvalue weighted by Crippen LogP contribution is -2.31. The normalized spacial score (nSPS) is 29.8. The molecule has 0 aromatic carbocycles. The summed E-state index contributed by atoms with van der Waals surface area (Å²) < 4.78 is 35.9. The standard InChI is InChI=1S/C7H10F3NO2/c8-7(9,10)4-1-3(4)2-5(11)6(12)13/h3-5H,1-2,11H2,(H,12,13)/t3-,4+,5-/m0/s1. The summed E-state index contributed by atoms with van der Waals surface area (Å²) in [7, 11) is 0. The maximum Gasteiger partial charge on any atom is 0.392 e. The number of carbonyl (C=O) groups is 1. The van der Waals surface area contributed by atoms with Crippen LogP contribution in [0.2, 0.25) is 0 Å². The van der Waals surface area contributed by atoms with Gasteiger partial charge in [-0.2, -0.15) is 13.2 Å². The second-order valence-corrected chi connectivity index (χ2v) is 3.32. The minimum Gasteiger partial charge on any atom is -0.480 e. The van der Waals surface area contributed by atoms with Crippen molar-refractivity contribution in [1.82, 2.24) is 0 Å². The van der Waals surface area contributed by atoms with Crippen LogP contribution in [0.5, 0.6) is 0 Å². The quantitative estimate of drug-likeness (QED) is 0.709. The van der Waals surface area contributed by atoms with Gasteiger partial charge in [0.15, 0.2) is 0 Å². The van der Waals surface area contributed by atoms with Crippen molar-refractivity contribution in [3.8, 4) is 0 Å². The van der Waals surface area contributed by atoms with Gasteiger partial charge in [0.2, 0.25) is 0 Å². The van der Waals surface area contributed by atoms with Crippen molar-refractivity contribution >= 4 is 5.97 Å². The fourth-order valence-electron chi connectivity index (χ4n) is 1.34. The minimum absolute atomic E-state index is 0.0183. The monoisotopic (exact) mass is 197 g/mol. The van der Waals surface area contributed by atoms with Gasteiger partial charge in [0.25, 0.3) is 0 Å². The first kappa shape index (κ1) is 10.3. The van der Waals surface area contributed by atoms with Crippen molar-refractivity contribution in [1.29, 1.82) is 0 Å². The van der Waals surface area contributed by atoms with Crippen LogP contribution in [0.15, 0.2) is 0 Å². The van der Waals surface area contributed by atoms with Crippen molar-refractivity contribution in [3.63, 3.8) is 0 Å². The van der Waals surface area contributed by atoms with Crippen LogP contribution >= 0.6 is 0 Å². The summed E-state index contributed by atoms with van der Waals surface area (Å²) in [6.45, 7) is 0. The molecule has 1 aliphatic carbocycles. The Balaban J connectivity index is 2.33. The zero-order valence-electron chi connectivity index (χ0n) is 6.71. The predicted molar refractivity (Wildman–Crippen MR) is 37.9 cm³/mol. The third-order valence-corrected chi connectivity index (χ3v) is 2.22. The maximum atomic E-state index is 12.0. The highest BCUT2D eigenvalue weighted by atomic mass is 19.4. The molecule has 0 spiro atoms. The van der Waals surface area contributed by atoms with Gasteiger partial charge in [-0.25, -0.2) is 0 Å². The van der Waals surface area contributed by atoms with E-state index in [1.165, 1.54) is 0 Å². The van der Waals surface area contributed by atoms with Crippen LogP contribution in [-0.4, -0.2) is 23.3 Å². The van der Waals surface area contributed by atoms with Gasteiger partial charge < -0.3 is 10.8 Å². The Morgan fingerprint density at radius 2 is 2.15 bits per heavy atom. The molecular formula is C7H10F3NO2. The van der Waals surface area contributed by atoms with Gasteiger partial charge in [-0.15, -0.1) is 0 Å². The van der Waals surface area contributed by atoms with E-state index < -0.39 is 30.0 Å². The lowest BCUT2D eigenvalue weighted by molar-refractivity contribution is -0.152. The fraction of sp³-hybridized carbons (Fsp3) is 0.857. The Labute approximate surface area is 72.7 Å². The Morgan fingerprint density at radius 1 is 1.62 bits per heavy atom. The van der Waals surface area contributed by atoms with E-state index in [2.05, 4.69) is 0 Å². The zero-order chi connectivity index (χ0) is 10.2. The molecular weight excluding hydrogens is 187 g/mol. The number of carboxylic acid groups (broad SMARTS) is 1. The molecule has 1 aliphatic rings. The molecule has 6 heteroatoms. The number of halogens is 3. The highest BCUT2D eigenvalue weighted by Crippen LogP contribution is 2.51. The molecule has 13 heavy (non-hydrogen) atoms. The van der Waals surface area contributed by atoms with Crippen LogP contribution in [0.3, 0.4) is 0 Å². The lowest BCUT2D eigenvalue weighted by Gasteiger charge is -2.07. The summed E-state index contributed by atoms with van der Waals surface area (Å²) in [6.07, 6.45) is -4.26. The second kappa shape index (κ2) is 3.17. The lowest BCUT2D eigenvalue weighted by atomic mass is 10.1. The Bertz CT molecular complexity index is 216. The van der Waals surface area contributed by atoms with Gasteiger partial charge in [-0.05, 0) is 18.8 Å². The van der Waals surface area contributed by atoms with Crippen LogP contribution in [0.1, 0.15) is 12.8 Å². The van der Waals surface area contributed by atoms with Crippen molar-refractivity contribution in [2.24, 2.45) is 17.6 Å². The van der Waals surface area contributed by atoms with E-state index in [-0.39, 0.29) is 12.8 Å². The molecule has 0 aliphatic heterocycles. The molecule has 3 N–H and O–H groups in total. The van der Waals surface area contributed by atoms with Crippen molar-refractivity contribution in [3.05, 3.63) is 0 Å². The number of alkyl halides is 3. The smallest absolute Gasteiger partial charge is 0.392 e. The predicted octanol–water partition coefficient (Wildman–Crippen LogP) is 0.987. The molecule has 0 bridgehead atoms. The number of rotatable bonds is 3. The number of hydrogen-bond acceptors (Lipinski definition) is 2. The fourth-order valence-corrected chi connectivity index (χ4v) is 1.34. The van der Waals surface area contributed by atoms with E-state index in [1.54, 1.807) is 0 Å². The number of nitrogens with two attached hydrogens (primary N) is 1. The first-order chi connectivity index (χ1) is 5.82. The minimum atomic E-state index is -4.19. The van der Waals surface area contributed by atoms with Crippen molar-refractivity contribution in [2.75, 3.05) is 0 Å². The van der Waals surface area contributed by atoms with Gasteiger partial charge >= 0.3 is 12.1 Å². The van der Waals surface area contributed by atoms with Gasteiger partial charge in [-0.1, -0.05) is 0 Å². The van der Waals surface area contributed by atoms with Crippen molar-refractivity contribution < 1.29 is 23.1 Å². The number of hydrogen-bond donors (Lipinski definition) is 2. The number of carboxylic acids is 1. The third-order valence-electron chi connectivity index (χ3n) is 2.22. The highest BCUT2D eigenvalue weighted by Gasteiger charge is 2.55. The van der Waals surface area contributed by atoms with Crippen LogP contribution in [0.25, 0.3) is 0 Å².